The normalized spacial score (nSPS) is 27.6. The van der Waals surface area contributed by atoms with E-state index in [1.54, 1.807) is 0 Å². The molecule has 3 amide bonds. The Balaban J connectivity index is 2.07. The summed E-state index contributed by atoms with van der Waals surface area (Å²) in [7, 11) is 0. The lowest BCUT2D eigenvalue weighted by molar-refractivity contribution is -0.132. The van der Waals surface area contributed by atoms with Crippen molar-refractivity contribution in [3.8, 4) is 0 Å². The fourth-order valence-corrected chi connectivity index (χ4v) is 2.56. The first-order chi connectivity index (χ1) is 8.13. The summed E-state index contributed by atoms with van der Waals surface area (Å²) >= 11 is 0. The summed E-state index contributed by atoms with van der Waals surface area (Å²) in [6, 6.07) is -0.269. The summed E-state index contributed by atoms with van der Waals surface area (Å²) in [6.45, 7) is 4.99. The summed E-state index contributed by atoms with van der Waals surface area (Å²) in [5.41, 5.74) is -0.685. The molecule has 2 rings (SSSR count). The number of rotatable bonds is 4. The molecule has 5 heteroatoms. The number of ether oxygens (including phenoxy) is 1. The van der Waals surface area contributed by atoms with E-state index in [0.717, 1.165) is 19.4 Å². The second-order valence-corrected chi connectivity index (χ2v) is 4.77. The molecule has 2 heterocycles. The van der Waals surface area contributed by atoms with Crippen LogP contribution in [0.3, 0.4) is 0 Å². The Morgan fingerprint density at radius 2 is 2.12 bits per heavy atom. The Kier molecular flexibility index (Phi) is 3.38. The number of urea groups is 1. The van der Waals surface area contributed by atoms with Crippen LogP contribution in [0.15, 0.2) is 0 Å². The molecule has 2 saturated heterocycles. The summed E-state index contributed by atoms with van der Waals surface area (Å²) in [4.78, 5) is 25.4. The SMILES string of the molecule is CCC1(CC)NC(=O)N(C[C@H]2CCCO2)C1=O. The van der Waals surface area contributed by atoms with Crippen LogP contribution < -0.4 is 5.32 Å². The van der Waals surface area contributed by atoms with Crippen molar-refractivity contribution in [3.63, 3.8) is 0 Å². The van der Waals surface area contributed by atoms with Gasteiger partial charge in [0.05, 0.1) is 12.6 Å². The number of carbonyl (C=O) groups excluding carboxylic acids is 2. The molecule has 0 radical (unpaired) electrons. The topological polar surface area (TPSA) is 58.6 Å². The number of nitrogens with zero attached hydrogens (tertiary/aromatic N) is 1. The van der Waals surface area contributed by atoms with Crippen LogP contribution >= 0.6 is 0 Å². The molecular weight excluding hydrogens is 220 g/mol. The first-order valence-electron chi connectivity index (χ1n) is 6.38. The lowest BCUT2D eigenvalue weighted by atomic mass is 9.93. The summed E-state index contributed by atoms with van der Waals surface area (Å²) in [5.74, 6) is -0.0944. The van der Waals surface area contributed by atoms with Gasteiger partial charge in [-0.15, -0.1) is 0 Å². The maximum atomic E-state index is 12.3. The molecule has 1 atom stereocenters. The standard InChI is InChI=1S/C12H20N2O3/c1-3-12(4-2)10(15)14(11(16)13-12)8-9-6-5-7-17-9/h9H,3-8H2,1-2H3,(H,13,16)/t9-/m1/s1. The zero-order chi connectivity index (χ0) is 12.5. The zero-order valence-corrected chi connectivity index (χ0v) is 10.5. The van der Waals surface area contributed by atoms with E-state index >= 15 is 0 Å². The maximum absolute atomic E-state index is 12.3. The van der Waals surface area contributed by atoms with Crippen LogP contribution in [0.25, 0.3) is 0 Å². The van der Waals surface area contributed by atoms with Gasteiger partial charge >= 0.3 is 6.03 Å². The molecule has 17 heavy (non-hydrogen) atoms. The van der Waals surface area contributed by atoms with Crippen LogP contribution in [-0.2, 0) is 9.53 Å². The molecule has 0 aliphatic carbocycles. The molecule has 96 valence electrons. The van der Waals surface area contributed by atoms with Crippen molar-refractivity contribution in [2.24, 2.45) is 0 Å². The fourth-order valence-electron chi connectivity index (χ4n) is 2.56. The minimum absolute atomic E-state index is 0.0224. The first kappa shape index (κ1) is 12.4. The van der Waals surface area contributed by atoms with Crippen molar-refractivity contribution in [2.75, 3.05) is 13.2 Å². The van der Waals surface area contributed by atoms with E-state index in [9.17, 15) is 9.59 Å². The number of hydrogen-bond acceptors (Lipinski definition) is 3. The second kappa shape index (κ2) is 4.64. The lowest BCUT2D eigenvalue weighted by Crippen LogP contribution is -2.46. The maximum Gasteiger partial charge on any atom is 0.325 e. The molecule has 2 fully saturated rings. The predicted molar refractivity (Wildman–Crippen MR) is 62.5 cm³/mol. The monoisotopic (exact) mass is 240 g/mol. The Labute approximate surface area is 101 Å². The molecule has 2 aliphatic rings. The Bertz CT molecular complexity index is 320. The van der Waals surface area contributed by atoms with E-state index in [-0.39, 0.29) is 18.0 Å². The van der Waals surface area contributed by atoms with Gasteiger partial charge in [0.1, 0.15) is 5.54 Å². The van der Waals surface area contributed by atoms with Crippen LogP contribution in [0, 0.1) is 0 Å². The number of imide groups is 1. The van der Waals surface area contributed by atoms with Gasteiger partial charge in [0.15, 0.2) is 0 Å². The average molecular weight is 240 g/mol. The van der Waals surface area contributed by atoms with Crippen LogP contribution in [0.1, 0.15) is 39.5 Å². The highest BCUT2D eigenvalue weighted by Gasteiger charge is 2.49. The molecule has 0 unspecified atom stereocenters. The third-order valence-electron chi connectivity index (χ3n) is 3.86. The first-order valence-corrected chi connectivity index (χ1v) is 6.38. The second-order valence-electron chi connectivity index (χ2n) is 4.77. The average Bonchev–Trinajstić information content (AvgIpc) is 2.91. The third kappa shape index (κ3) is 2.04. The Hall–Kier alpha value is -1.10. The smallest absolute Gasteiger partial charge is 0.325 e. The van der Waals surface area contributed by atoms with Crippen LogP contribution in [0.4, 0.5) is 4.79 Å². The van der Waals surface area contributed by atoms with Gasteiger partial charge in [-0.2, -0.15) is 0 Å². The fraction of sp³-hybridized carbons (Fsp3) is 0.833. The number of nitrogens with one attached hydrogen (secondary N) is 1. The minimum atomic E-state index is -0.685. The molecule has 5 nitrogen and oxygen atoms in total. The zero-order valence-electron chi connectivity index (χ0n) is 10.5. The van der Waals surface area contributed by atoms with Gasteiger partial charge in [0.25, 0.3) is 5.91 Å². The molecule has 0 aromatic rings. The highest BCUT2D eigenvalue weighted by molar-refractivity contribution is 6.07. The van der Waals surface area contributed by atoms with Crippen LogP contribution in [-0.4, -0.2) is 41.6 Å². The number of hydrogen-bond donors (Lipinski definition) is 1. The summed E-state index contributed by atoms with van der Waals surface area (Å²) < 4.78 is 5.47. The minimum Gasteiger partial charge on any atom is -0.376 e. The highest BCUT2D eigenvalue weighted by atomic mass is 16.5. The molecular formula is C12H20N2O3. The van der Waals surface area contributed by atoms with E-state index in [1.807, 2.05) is 13.8 Å². The van der Waals surface area contributed by atoms with E-state index in [4.69, 9.17) is 4.74 Å². The predicted octanol–water partition coefficient (Wildman–Crippen LogP) is 1.28. The van der Waals surface area contributed by atoms with Gasteiger partial charge in [-0.05, 0) is 25.7 Å². The molecule has 0 aromatic carbocycles. The summed E-state index contributed by atoms with van der Waals surface area (Å²) in [5, 5.41) is 2.82. The molecule has 0 aromatic heterocycles. The largest absolute Gasteiger partial charge is 0.376 e. The van der Waals surface area contributed by atoms with Crippen molar-refractivity contribution < 1.29 is 14.3 Å². The van der Waals surface area contributed by atoms with E-state index in [2.05, 4.69) is 5.32 Å². The number of amides is 3. The van der Waals surface area contributed by atoms with Crippen molar-refractivity contribution in [1.82, 2.24) is 10.2 Å². The Morgan fingerprint density at radius 3 is 2.59 bits per heavy atom. The van der Waals surface area contributed by atoms with Crippen molar-refractivity contribution in [2.45, 2.75) is 51.2 Å². The van der Waals surface area contributed by atoms with Crippen LogP contribution in [0.2, 0.25) is 0 Å². The highest BCUT2D eigenvalue weighted by Crippen LogP contribution is 2.26. The third-order valence-corrected chi connectivity index (χ3v) is 3.86. The van der Waals surface area contributed by atoms with Crippen molar-refractivity contribution >= 4 is 11.9 Å². The van der Waals surface area contributed by atoms with E-state index < -0.39 is 5.54 Å². The van der Waals surface area contributed by atoms with Gasteiger partial charge in [0.2, 0.25) is 0 Å². The quantitative estimate of drug-likeness (QED) is 0.753. The van der Waals surface area contributed by atoms with Gasteiger partial charge in [-0.25, -0.2) is 4.79 Å². The van der Waals surface area contributed by atoms with E-state index in [0.29, 0.717) is 19.4 Å². The van der Waals surface area contributed by atoms with Gasteiger partial charge in [-0.1, -0.05) is 13.8 Å². The van der Waals surface area contributed by atoms with Crippen LogP contribution in [0.5, 0.6) is 0 Å². The molecule has 0 spiro atoms. The van der Waals surface area contributed by atoms with Gasteiger partial charge < -0.3 is 10.1 Å². The van der Waals surface area contributed by atoms with Gasteiger partial charge in [0, 0.05) is 6.61 Å². The van der Waals surface area contributed by atoms with E-state index in [1.165, 1.54) is 4.90 Å². The Morgan fingerprint density at radius 1 is 1.41 bits per heavy atom. The molecule has 2 aliphatic heterocycles. The van der Waals surface area contributed by atoms with Crippen molar-refractivity contribution in [3.05, 3.63) is 0 Å². The lowest BCUT2D eigenvalue weighted by Gasteiger charge is -2.23. The molecule has 1 N–H and O–H groups in total. The molecule has 0 saturated carbocycles. The summed E-state index contributed by atoms with van der Waals surface area (Å²) in [6.07, 6.45) is 3.24. The molecule has 0 bridgehead atoms. The number of carbonyl (C=O) groups is 2. The van der Waals surface area contributed by atoms with Gasteiger partial charge in [-0.3, -0.25) is 9.69 Å². The van der Waals surface area contributed by atoms with Crippen molar-refractivity contribution in [1.29, 1.82) is 0 Å².